The van der Waals surface area contributed by atoms with Gasteiger partial charge in [0.05, 0.1) is 12.7 Å². The maximum absolute atomic E-state index is 12.9. The maximum Gasteiger partial charge on any atom is 0.310 e. The lowest BCUT2D eigenvalue weighted by atomic mass is 10.0. The number of carbonyl (C=O) groups excluding carboxylic acids is 1. The van der Waals surface area contributed by atoms with Gasteiger partial charge in [-0.15, -0.1) is 0 Å². The molecule has 0 unspecified atom stereocenters. The molecule has 0 amide bonds. The van der Waals surface area contributed by atoms with E-state index in [1.165, 1.54) is 35.4 Å². The van der Waals surface area contributed by atoms with Crippen molar-refractivity contribution in [3.63, 3.8) is 0 Å². The fourth-order valence-corrected chi connectivity index (χ4v) is 3.72. The Hall–Kier alpha value is -3.68. The van der Waals surface area contributed by atoms with Gasteiger partial charge < -0.3 is 18.4 Å². The molecule has 0 saturated carbocycles. The number of hydrogen-bond acceptors (Lipinski definition) is 7. The molecule has 8 heteroatoms. The molecule has 7 nitrogen and oxygen atoms in total. The van der Waals surface area contributed by atoms with Crippen molar-refractivity contribution in [2.24, 2.45) is 0 Å². The molecule has 4 aromatic rings. The predicted octanol–water partition coefficient (Wildman–Crippen LogP) is 4.31. The van der Waals surface area contributed by atoms with E-state index in [0.717, 1.165) is 35.8 Å². The number of ether oxygens (including phenoxy) is 2. The van der Waals surface area contributed by atoms with Gasteiger partial charge in [0.2, 0.25) is 5.82 Å². The van der Waals surface area contributed by atoms with Gasteiger partial charge in [0, 0.05) is 10.9 Å². The molecule has 0 N–H and O–H groups in total. The molecule has 1 aliphatic rings. The van der Waals surface area contributed by atoms with Crippen LogP contribution in [-0.4, -0.2) is 16.1 Å². The first-order valence-electron chi connectivity index (χ1n) is 10.0. The predicted molar refractivity (Wildman–Crippen MR) is 107 cm³/mol. The number of esters is 1. The van der Waals surface area contributed by atoms with Crippen LogP contribution in [0.25, 0.3) is 11.0 Å². The van der Waals surface area contributed by atoms with Crippen LogP contribution in [-0.2, 0) is 42.0 Å². The normalized spacial score (nSPS) is 12.8. The summed E-state index contributed by atoms with van der Waals surface area (Å²) >= 11 is 0. The molecular formula is C23H19FN2O5. The van der Waals surface area contributed by atoms with Gasteiger partial charge in [-0.1, -0.05) is 5.16 Å². The lowest BCUT2D eigenvalue weighted by Crippen LogP contribution is -2.08. The molecule has 5 rings (SSSR count). The molecule has 158 valence electrons. The number of rotatable bonds is 7. The number of hydrogen-bond donors (Lipinski definition) is 0. The Morgan fingerprint density at radius 2 is 1.90 bits per heavy atom. The van der Waals surface area contributed by atoms with Gasteiger partial charge in [-0.25, -0.2) is 4.39 Å². The minimum Gasteiger partial charge on any atom is -0.485 e. The van der Waals surface area contributed by atoms with Gasteiger partial charge in [-0.3, -0.25) is 4.79 Å². The lowest BCUT2D eigenvalue weighted by Gasteiger charge is -2.02. The molecule has 0 fully saturated rings. The van der Waals surface area contributed by atoms with E-state index >= 15 is 0 Å². The third-order valence-corrected chi connectivity index (χ3v) is 5.25. The van der Waals surface area contributed by atoms with E-state index in [9.17, 15) is 9.18 Å². The van der Waals surface area contributed by atoms with Crippen LogP contribution in [0.2, 0.25) is 0 Å². The van der Waals surface area contributed by atoms with Gasteiger partial charge >= 0.3 is 5.97 Å². The Kier molecular flexibility index (Phi) is 5.11. The zero-order valence-corrected chi connectivity index (χ0v) is 16.6. The molecule has 31 heavy (non-hydrogen) atoms. The zero-order chi connectivity index (χ0) is 21.2. The summed E-state index contributed by atoms with van der Waals surface area (Å²) in [5.74, 6) is 0.192. The molecule has 2 aromatic heterocycles. The second kappa shape index (κ2) is 8.22. The van der Waals surface area contributed by atoms with Crippen molar-refractivity contribution in [2.45, 2.75) is 38.9 Å². The van der Waals surface area contributed by atoms with Crippen molar-refractivity contribution in [1.29, 1.82) is 0 Å². The fraction of sp³-hybridized carbons (Fsp3) is 0.261. The number of fused-ring (bicyclic) bond motifs is 2. The smallest absolute Gasteiger partial charge is 0.310 e. The minimum atomic E-state index is -0.412. The van der Waals surface area contributed by atoms with Crippen molar-refractivity contribution in [3.05, 3.63) is 76.9 Å². The molecular weight excluding hydrogens is 403 g/mol. The van der Waals surface area contributed by atoms with Gasteiger partial charge in [-0.2, -0.15) is 4.98 Å². The van der Waals surface area contributed by atoms with E-state index in [1.807, 2.05) is 0 Å². The SMILES string of the molecule is O=C(Cc1coc2cc3c(cc12)CCC3)OCc1nc(COc2ccc(F)cc2)no1. The highest BCUT2D eigenvalue weighted by Gasteiger charge is 2.18. The van der Waals surface area contributed by atoms with Crippen molar-refractivity contribution in [1.82, 2.24) is 10.1 Å². The molecule has 0 saturated heterocycles. The molecule has 0 spiro atoms. The molecule has 0 aliphatic heterocycles. The first-order chi connectivity index (χ1) is 15.1. The standard InChI is InChI=1S/C23H19FN2O5/c24-17-4-6-18(7-5-17)28-12-21-25-22(31-26-21)13-30-23(27)10-16-11-29-20-9-15-3-1-2-14(15)8-19(16)20/h4-9,11H,1-3,10,12-13H2. The highest BCUT2D eigenvalue weighted by molar-refractivity contribution is 5.87. The summed E-state index contributed by atoms with van der Waals surface area (Å²) < 4.78 is 34.4. The van der Waals surface area contributed by atoms with Gasteiger partial charge in [0.15, 0.2) is 13.2 Å². The van der Waals surface area contributed by atoms with E-state index in [4.69, 9.17) is 18.4 Å². The molecule has 0 radical (unpaired) electrons. The van der Waals surface area contributed by atoms with E-state index < -0.39 is 5.97 Å². The second-order valence-electron chi connectivity index (χ2n) is 7.42. The van der Waals surface area contributed by atoms with E-state index in [0.29, 0.717) is 11.6 Å². The Balaban J connectivity index is 1.15. The highest BCUT2D eigenvalue weighted by atomic mass is 19.1. The van der Waals surface area contributed by atoms with E-state index in [-0.39, 0.29) is 31.3 Å². The summed E-state index contributed by atoms with van der Waals surface area (Å²) in [7, 11) is 0. The van der Waals surface area contributed by atoms with E-state index in [1.54, 1.807) is 6.26 Å². The topological polar surface area (TPSA) is 87.6 Å². The summed E-state index contributed by atoms with van der Waals surface area (Å²) in [5.41, 5.74) is 4.25. The highest BCUT2D eigenvalue weighted by Crippen LogP contribution is 2.30. The number of benzene rings is 2. The third-order valence-electron chi connectivity index (χ3n) is 5.25. The summed E-state index contributed by atoms with van der Waals surface area (Å²) in [6.07, 6.45) is 4.99. The summed E-state index contributed by atoms with van der Waals surface area (Å²) in [4.78, 5) is 16.4. The second-order valence-corrected chi connectivity index (χ2v) is 7.42. The largest absolute Gasteiger partial charge is 0.485 e. The molecule has 2 aromatic carbocycles. The van der Waals surface area contributed by atoms with Crippen molar-refractivity contribution >= 4 is 16.9 Å². The zero-order valence-electron chi connectivity index (χ0n) is 16.6. The molecule has 0 atom stereocenters. The maximum atomic E-state index is 12.9. The van der Waals surface area contributed by atoms with Gasteiger partial charge in [0.25, 0.3) is 5.89 Å². The Morgan fingerprint density at radius 1 is 1.10 bits per heavy atom. The van der Waals surface area contributed by atoms with Crippen LogP contribution in [0.1, 0.15) is 34.8 Å². The summed E-state index contributed by atoms with van der Waals surface area (Å²) in [6, 6.07) is 9.80. The minimum absolute atomic E-state index is 0.0500. The fourth-order valence-electron chi connectivity index (χ4n) is 3.72. The van der Waals surface area contributed by atoms with Crippen LogP contribution in [0.3, 0.4) is 0 Å². The van der Waals surface area contributed by atoms with Crippen LogP contribution >= 0.6 is 0 Å². The Bertz CT molecular complexity index is 1230. The average molecular weight is 422 g/mol. The van der Waals surface area contributed by atoms with Crippen molar-refractivity contribution < 1.29 is 27.6 Å². The number of carbonyl (C=O) groups is 1. The van der Waals surface area contributed by atoms with Crippen LogP contribution in [0.4, 0.5) is 4.39 Å². The molecule has 2 heterocycles. The quantitative estimate of drug-likeness (QED) is 0.410. The van der Waals surface area contributed by atoms with Crippen LogP contribution in [0, 0.1) is 5.82 Å². The van der Waals surface area contributed by atoms with E-state index in [2.05, 4.69) is 22.3 Å². The first-order valence-corrected chi connectivity index (χ1v) is 10.0. The van der Waals surface area contributed by atoms with Crippen LogP contribution in [0.15, 0.2) is 51.6 Å². The van der Waals surface area contributed by atoms with Crippen molar-refractivity contribution in [3.8, 4) is 5.75 Å². The Morgan fingerprint density at radius 3 is 2.74 bits per heavy atom. The van der Waals surface area contributed by atoms with Crippen LogP contribution in [0.5, 0.6) is 5.75 Å². The lowest BCUT2D eigenvalue weighted by molar-refractivity contribution is -0.144. The van der Waals surface area contributed by atoms with Gasteiger partial charge in [-0.05, 0) is 66.8 Å². The van der Waals surface area contributed by atoms with Crippen LogP contribution < -0.4 is 4.74 Å². The monoisotopic (exact) mass is 422 g/mol. The van der Waals surface area contributed by atoms with Gasteiger partial charge in [0.1, 0.15) is 17.1 Å². The number of nitrogens with zero attached hydrogens (tertiary/aromatic N) is 2. The summed E-state index contributed by atoms with van der Waals surface area (Å²) in [6.45, 7) is -0.0814. The number of furan rings is 1. The third kappa shape index (κ3) is 4.28. The average Bonchev–Trinajstić information content (AvgIpc) is 3.50. The molecule has 1 aliphatic carbocycles. The van der Waals surface area contributed by atoms with Crippen molar-refractivity contribution in [2.75, 3.05) is 0 Å². The Labute approximate surface area is 176 Å². The molecule has 0 bridgehead atoms. The summed E-state index contributed by atoms with van der Waals surface area (Å²) in [5, 5.41) is 4.74. The number of halogens is 1. The first kappa shape index (κ1) is 19.3. The number of aryl methyl sites for hydroxylation is 2. The number of aromatic nitrogens is 2.